The van der Waals surface area contributed by atoms with E-state index < -0.39 is 8.80 Å². The van der Waals surface area contributed by atoms with Gasteiger partial charge < -0.3 is 13.3 Å². The molecule has 3 nitrogen and oxygen atoms in total. The molecule has 0 radical (unpaired) electrons. The molecule has 0 aliphatic heterocycles. The molecule has 19 heavy (non-hydrogen) atoms. The minimum atomic E-state index is -2.51. The molecule has 0 fully saturated rings. The molecule has 0 aromatic rings. The summed E-state index contributed by atoms with van der Waals surface area (Å²) in [6.07, 6.45) is 5.44. The van der Waals surface area contributed by atoms with Crippen LogP contribution in [-0.2, 0) is 13.3 Å². The minimum Gasteiger partial charge on any atom is -0.374 e. The number of hydrogen-bond donors (Lipinski definition) is 0. The van der Waals surface area contributed by atoms with Crippen LogP contribution in [0.5, 0.6) is 0 Å². The summed E-state index contributed by atoms with van der Waals surface area (Å²) in [4.78, 5) is 0. The molecule has 0 rings (SSSR count). The lowest BCUT2D eigenvalue weighted by molar-refractivity contribution is -0.0300. The summed E-state index contributed by atoms with van der Waals surface area (Å²) >= 11 is 0. The van der Waals surface area contributed by atoms with E-state index in [2.05, 4.69) is 27.7 Å². The maximum atomic E-state index is 6.52. The van der Waals surface area contributed by atoms with E-state index in [1.807, 2.05) is 13.8 Å². The molecule has 0 saturated carbocycles. The molecule has 0 heterocycles. The Bertz CT molecular complexity index is 198. The molecule has 116 valence electrons. The van der Waals surface area contributed by atoms with Gasteiger partial charge in [0.15, 0.2) is 0 Å². The van der Waals surface area contributed by atoms with Crippen molar-refractivity contribution < 1.29 is 13.3 Å². The first-order valence-electron chi connectivity index (χ1n) is 7.99. The van der Waals surface area contributed by atoms with Gasteiger partial charge in [-0.05, 0) is 33.6 Å². The Labute approximate surface area is 121 Å². The van der Waals surface area contributed by atoms with Crippen LogP contribution in [0.4, 0.5) is 0 Å². The maximum absolute atomic E-state index is 6.52. The molecule has 0 saturated heterocycles. The van der Waals surface area contributed by atoms with E-state index in [9.17, 15) is 0 Å². The zero-order valence-corrected chi connectivity index (χ0v) is 14.9. The highest BCUT2D eigenvalue weighted by Gasteiger charge is 2.45. The average molecular weight is 291 g/mol. The third-order valence-corrected chi connectivity index (χ3v) is 6.62. The highest BCUT2D eigenvalue weighted by Crippen LogP contribution is 2.31. The van der Waals surface area contributed by atoms with E-state index in [1.165, 1.54) is 0 Å². The number of hydrogen-bond acceptors (Lipinski definition) is 3. The van der Waals surface area contributed by atoms with Crippen molar-refractivity contribution >= 4 is 8.80 Å². The maximum Gasteiger partial charge on any atom is 0.501 e. The van der Waals surface area contributed by atoms with Crippen LogP contribution in [0, 0.1) is 0 Å². The molecule has 4 heteroatoms. The summed E-state index contributed by atoms with van der Waals surface area (Å²) in [5.41, 5.74) is -0.102. The number of rotatable bonds is 12. The second kappa shape index (κ2) is 9.92. The molecule has 0 amide bonds. The molecule has 0 atom stereocenters. The fourth-order valence-electron chi connectivity index (χ4n) is 2.70. The Kier molecular flexibility index (Phi) is 9.97. The van der Waals surface area contributed by atoms with E-state index in [1.54, 1.807) is 0 Å². The van der Waals surface area contributed by atoms with Crippen LogP contribution in [0.15, 0.2) is 0 Å². The summed E-state index contributed by atoms with van der Waals surface area (Å²) in [6, 6.07) is 0.914. The summed E-state index contributed by atoms with van der Waals surface area (Å²) in [7, 11) is -2.51. The van der Waals surface area contributed by atoms with Gasteiger partial charge in [0.05, 0.1) is 5.60 Å². The molecular formula is C15H34O3Si. The molecule has 0 bridgehead atoms. The van der Waals surface area contributed by atoms with E-state index >= 15 is 0 Å². The van der Waals surface area contributed by atoms with E-state index in [-0.39, 0.29) is 5.60 Å². The SMILES string of the molecule is CCCC(C)(CCC)O[Si](CCC)(OCC)OCC. The first-order valence-corrected chi connectivity index (χ1v) is 9.92. The second-order valence-corrected chi connectivity index (χ2v) is 8.00. The van der Waals surface area contributed by atoms with Crippen molar-refractivity contribution in [2.45, 2.75) is 85.3 Å². The summed E-state index contributed by atoms with van der Waals surface area (Å²) in [5, 5.41) is 0. The average Bonchev–Trinajstić information content (AvgIpc) is 2.30. The normalized spacial score (nSPS) is 12.9. The molecule has 0 spiro atoms. The zero-order valence-electron chi connectivity index (χ0n) is 13.9. The lowest BCUT2D eigenvalue weighted by Gasteiger charge is -2.39. The van der Waals surface area contributed by atoms with Gasteiger partial charge in [-0.25, -0.2) is 0 Å². The van der Waals surface area contributed by atoms with Gasteiger partial charge in [0.2, 0.25) is 0 Å². The second-order valence-electron chi connectivity index (χ2n) is 5.35. The minimum absolute atomic E-state index is 0.102. The first kappa shape index (κ1) is 19.1. The van der Waals surface area contributed by atoms with Crippen LogP contribution in [0.3, 0.4) is 0 Å². The molecule has 0 aromatic heterocycles. The Balaban J connectivity index is 4.99. The third-order valence-electron chi connectivity index (χ3n) is 3.24. The highest BCUT2D eigenvalue weighted by molar-refractivity contribution is 6.60. The Morgan fingerprint density at radius 2 is 1.26 bits per heavy atom. The van der Waals surface area contributed by atoms with Crippen molar-refractivity contribution in [1.82, 2.24) is 0 Å². The van der Waals surface area contributed by atoms with Crippen LogP contribution < -0.4 is 0 Å². The molecule has 0 N–H and O–H groups in total. The van der Waals surface area contributed by atoms with Gasteiger partial charge in [-0.15, -0.1) is 0 Å². The van der Waals surface area contributed by atoms with Crippen LogP contribution >= 0.6 is 0 Å². The van der Waals surface area contributed by atoms with Gasteiger partial charge in [-0.2, -0.15) is 0 Å². The van der Waals surface area contributed by atoms with Gasteiger partial charge in [0, 0.05) is 19.3 Å². The van der Waals surface area contributed by atoms with E-state index in [4.69, 9.17) is 13.3 Å². The molecule has 0 aliphatic carbocycles. The molecule has 0 unspecified atom stereocenters. The lowest BCUT2D eigenvalue weighted by atomic mass is 9.95. The van der Waals surface area contributed by atoms with Crippen LogP contribution in [0.25, 0.3) is 0 Å². The quantitative estimate of drug-likeness (QED) is 0.484. The smallest absolute Gasteiger partial charge is 0.374 e. The standard InChI is InChI=1S/C15H34O3Si/c1-7-12-15(6,13-8-2)18-19(14-9-3,16-10-4)17-11-5/h7-14H2,1-6H3. The summed E-state index contributed by atoms with van der Waals surface area (Å²) < 4.78 is 18.5. The van der Waals surface area contributed by atoms with Crippen LogP contribution in [-0.4, -0.2) is 27.6 Å². The Morgan fingerprint density at radius 3 is 1.58 bits per heavy atom. The summed E-state index contributed by atoms with van der Waals surface area (Å²) in [6.45, 7) is 14.2. The first-order chi connectivity index (χ1) is 9.01. The predicted molar refractivity (Wildman–Crippen MR) is 83.4 cm³/mol. The fraction of sp³-hybridized carbons (Fsp3) is 1.00. The topological polar surface area (TPSA) is 27.7 Å². The third kappa shape index (κ3) is 6.89. The molecular weight excluding hydrogens is 256 g/mol. The van der Waals surface area contributed by atoms with Gasteiger partial charge >= 0.3 is 8.80 Å². The highest BCUT2D eigenvalue weighted by atomic mass is 28.4. The zero-order chi connectivity index (χ0) is 14.8. The van der Waals surface area contributed by atoms with E-state index in [0.717, 1.165) is 38.1 Å². The van der Waals surface area contributed by atoms with Gasteiger partial charge in [-0.3, -0.25) is 0 Å². The van der Waals surface area contributed by atoms with Gasteiger partial charge in [0.1, 0.15) is 0 Å². The Hall–Kier alpha value is 0.0969. The van der Waals surface area contributed by atoms with Crippen molar-refractivity contribution in [3.05, 3.63) is 0 Å². The van der Waals surface area contributed by atoms with Gasteiger partial charge in [0.25, 0.3) is 0 Å². The molecule has 0 aromatic carbocycles. The van der Waals surface area contributed by atoms with Crippen molar-refractivity contribution in [3.63, 3.8) is 0 Å². The largest absolute Gasteiger partial charge is 0.501 e. The fourth-order valence-corrected chi connectivity index (χ4v) is 5.74. The Morgan fingerprint density at radius 1 is 0.789 bits per heavy atom. The van der Waals surface area contributed by atoms with E-state index in [0.29, 0.717) is 13.2 Å². The van der Waals surface area contributed by atoms with Crippen molar-refractivity contribution in [2.24, 2.45) is 0 Å². The van der Waals surface area contributed by atoms with Crippen molar-refractivity contribution in [3.8, 4) is 0 Å². The molecule has 0 aliphatic rings. The summed E-state index contributed by atoms with van der Waals surface area (Å²) in [5.74, 6) is 0. The van der Waals surface area contributed by atoms with Crippen molar-refractivity contribution in [1.29, 1.82) is 0 Å². The predicted octanol–water partition coefficient (Wildman–Crippen LogP) is 4.78. The van der Waals surface area contributed by atoms with Crippen LogP contribution in [0.2, 0.25) is 6.04 Å². The monoisotopic (exact) mass is 290 g/mol. The van der Waals surface area contributed by atoms with Crippen LogP contribution in [0.1, 0.15) is 73.6 Å². The van der Waals surface area contributed by atoms with Gasteiger partial charge in [-0.1, -0.05) is 40.0 Å². The lowest BCUT2D eigenvalue weighted by Crippen LogP contribution is -2.52. The van der Waals surface area contributed by atoms with Crippen molar-refractivity contribution in [2.75, 3.05) is 13.2 Å².